The molecule has 11 heteroatoms. The van der Waals surface area contributed by atoms with Crippen LogP contribution in [0.3, 0.4) is 0 Å². The first kappa shape index (κ1) is 29.2. The van der Waals surface area contributed by atoms with Crippen LogP contribution in [0.5, 0.6) is 0 Å². The molecule has 1 aliphatic carbocycles. The number of aromatic nitrogens is 1. The van der Waals surface area contributed by atoms with Gasteiger partial charge in [0.2, 0.25) is 5.91 Å². The van der Waals surface area contributed by atoms with Gasteiger partial charge in [0.25, 0.3) is 0 Å². The Hall–Kier alpha value is -3.76. The Kier molecular flexibility index (Phi) is 8.60. The van der Waals surface area contributed by atoms with E-state index in [1.165, 1.54) is 13.0 Å². The molecule has 40 heavy (non-hydrogen) atoms. The van der Waals surface area contributed by atoms with Crippen LogP contribution in [0.4, 0.5) is 14.9 Å². The lowest BCUT2D eigenvalue weighted by Gasteiger charge is -2.34. The van der Waals surface area contributed by atoms with E-state index in [1.54, 1.807) is 54.9 Å². The SMILES string of the molecule is CC(=O)c1cn(CC(=O)C(C)(C)C(CC(=O)NCc2cccc(Cl)c2F)NC2CC2)c2cc(NC(=O)O)ccc12. The third kappa shape index (κ3) is 6.68. The molecule has 2 amide bonds. The van der Waals surface area contributed by atoms with Gasteiger partial charge in [0, 0.05) is 58.9 Å². The van der Waals surface area contributed by atoms with Crippen molar-refractivity contribution in [2.75, 3.05) is 5.32 Å². The fourth-order valence-electron chi connectivity index (χ4n) is 4.65. The molecule has 2 aromatic carbocycles. The van der Waals surface area contributed by atoms with Crippen LogP contribution in [0.1, 0.15) is 56.0 Å². The minimum Gasteiger partial charge on any atom is -0.465 e. The van der Waals surface area contributed by atoms with Crippen LogP contribution in [0.2, 0.25) is 5.02 Å². The molecule has 0 aliphatic heterocycles. The van der Waals surface area contributed by atoms with E-state index in [2.05, 4.69) is 16.0 Å². The molecule has 0 bridgehead atoms. The molecule has 0 spiro atoms. The summed E-state index contributed by atoms with van der Waals surface area (Å²) >= 11 is 5.84. The number of carboxylic acid groups (broad SMARTS) is 1. The molecule has 1 aliphatic rings. The quantitative estimate of drug-likeness (QED) is 0.223. The fraction of sp³-hybridized carbons (Fsp3) is 0.379. The number of rotatable bonds is 12. The standard InChI is InChI=1S/C29H32ClFN4O5/c1-16(36)21-14-35(23-11-19(34-28(39)40)9-10-20(21)23)15-25(37)29(2,3)24(33-18-7-8-18)12-26(38)32-13-17-5-4-6-22(30)27(17)31/h4-6,9-11,14,18,24,33-34H,7-8,12-13,15H2,1-3H3,(H,32,38)(H,39,40). The topological polar surface area (TPSA) is 130 Å². The summed E-state index contributed by atoms with van der Waals surface area (Å²) in [7, 11) is 0. The number of amides is 2. The number of halogens is 2. The molecule has 0 radical (unpaired) electrons. The average Bonchev–Trinajstić information content (AvgIpc) is 3.63. The monoisotopic (exact) mass is 570 g/mol. The number of nitrogens with zero attached hydrogens (tertiary/aromatic N) is 1. The lowest BCUT2D eigenvalue weighted by Crippen LogP contribution is -2.50. The van der Waals surface area contributed by atoms with E-state index in [0.717, 1.165) is 12.8 Å². The van der Waals surface area contributed by atoms with Crippen LogP contribution in [0, 0.1) is 11.2 Å². The number of carbonyl (C=O) groups is 4. The van der Waals surface area contributed by atoms with Crippen molar-refractivity contribution in [1.82, 2.24) is 15.2 Å². The van der Waals surface area contributed by atoms with Crippen LogP contribution in [-0.2, 0) is 22.7 Å². The summed E-state index contributed by atoms with van der Waals surface area (Å²) in [4.78, 5) is 50.1. The van der Waals surface area contributed by atoms with Gasteiger partial charge in [0.15, 0.2) is 11.6 Å². The van der Waals surface area contributed by atoms with E-state index in [1.807, 2.05) is 0 Å². The number of carbonyl (C=O) groups excluding carboxylic acids is 3. The molecule has 0 saturated heterocycles. The number of fused-ring (bicyclic) bond motifs is 1. The maximum Gasteiger partial charge on any atom is 0.409 e. The molecule has 1 heterocycles. The second-order valence-electron chi connectivity index (χ2n) is 10.7. The molecular formula is C29H32ClFN4O5. The summed E-state index contributed by atoms with van der Waals surface area (Å²) in [5, 5.41) is 18.1. The fourth-order valence-corrected chi connectivity index (χ4v) is 4.84. The van der Waals surface area contributed by atoms with Crippen molar-refractivity contribution in [3.8, 4) is 0 Å². The van der Waals surface area contributed by atoms with E-state index in [-0.39, 0.29) is 53.6 Å². The minimum atomic E-state index is -1.23. The largest absolute Gasteiger partial charge is 0.465 e. The lowest BCUT2D eigenvalue weighted by atomic mass is 9.78. The summed E-state index contributed by atoms with van der Waals surface area (Å²) in [6, 6.07) is 9.07. The Morgan fingerprint density at radius 1 is 1.18 bits per heavy atom. The summed E-state index contributed by atoms with van der Waals surface area (Å²) < 4.78 is 15.9. The van der Waals surface area contributed by atoms with E-state index >= 15 is 0 Å². The Morgan fingerprint density at radius 2 is 1.90 bits per heavy atom. The summed E-state index contributed by atoms with van der Waals surface area (Å²) in [5.74, 6) is -1.29. The van der Waals surface area contributed by atoms with Crippen LogP contribution in [0.25, 0.3) is 10.9 Å². The zero-order valence-corrected chi connectivity index (χ0v) is 23.3. The van der Waals surface area contributed by atoms with Crippen molar-refractivity contribution in [2.24, 2.45) is 5.41 Å². The van der Waals surface area contributed by atoms with Gasteiger partial charge < -0.3 is 20.3 Å². The number of anilines is 1. The highest BCUT2D eigenvalue weighted by Gasteiger charge is 2.40. The lowest BCUT2D eigenvalue weighted by molar-refractivity contribution is -0.130. The van der Waals surface area contributed by atoms with Crippen molar-refractivity contribution in [3.63, 3.8) is 0 Å². The van der Waals surface area contributed by atoms with Crippen LogP contribution in [0.15, 0.2) is 42.6 Å². The third-order valence-electron chi connectivity index (χ3n) is 7.33. The first-order chi connectivity index (χ1) is 18.9. The van der Waals surface area contributed by atoms with Gasteiger partial charge in [0.1, 0.15) is 5.82 Å². The number of nitrogens with one attached hydrogen (secondary N) is 3. The maximum absolute atomic E-state index is 14.3. The zero-order valence-electron chi connectivity index (χ0n) is 22.5. The van der Waals surface area contributed by atoms with Gasteiger partial charge in [-0.2, -0.15) is 0 Å². The van der Waals surface area contributed by atoms with Gasteiger partial charge in [-0.1, -0.05) is 43.6 Å². The predicted molar refractivity (Wildman–Crippen MR) is 150 cm³/mol. The van der Waals surface area contributed by atoms with Gasteiger partial charge in [-0.15, -0.1) is 0 Å². The van der Waals surface area contributed by atoms with Gasteiger partial charge in [0.05, 0.1) is 17.1 Å². The minimum absolute atomic E-state index is 0.00474. The highest BCUT2D eigenvalue weighted by atomic mass is 35.5. The van der Waals surface area contributed by atoms with Crippen molar-refractivity contribution in [1.29, 1.82) is 0 Å². The summed E-state index contributed by atoms with van der Waals surface area (Å²) in [6.45, 7) is 4.84. The Balaban J connectivity index is 1.53. The van der Waals surface area contributed by atoms with Crippen molar-refractivity contribution in [2.45, 2.75) is 65.2 Å². The van der Waals surface area contributed by atoms with Crippen molar-refractivity contribution in [3.05, 3.63) is 64.6 Å². The van der Waals surface area contributed by atoms with E-state index in [0.29, 0.717) is 22.2 Å². The van der Waals surface area contributed by atoms with Gasteiger partial charge in [-0.25, -0.2) is 9.18 Å². The van der Waals surface area contributed by atoms with E-state index in [4.69, 9.17) is 16.7 Å². The first-order valence-corrected chi connectivity index (χ1v) is 13.4. The molecule has 1 atom stereocenters. The zero-order chi connectivity index (χ0) is 29.2. The van der Waals surface area contributed by atoms with Gasteiger partial charge in [-0.05, 0) is 38.0 Å². The molecule has 3 aromatic rings. The van der Waals surface area contributed by atoms with Gasteiger partial charge in [-0.3, -0.25) is 19.7 Å². The predicted octanol–water partition coefficient (Wildman–Crippen LogP) is 5.15. The maximum atomic E-state index is 14.3. The third-order valence-corrected chi connectivity index (χ3v) is 7.62. The van der Waals surface area contributed by atoms with Crippen LogP contribution >= 0.6 is 11.6 Å². The van der Waals surface area contributed by atoms with Crippen LogP contribution < -0.4 is 16.0 Å². The smallest absolute Gasteiger partial charge is 0.409 e. The van der Waals surface area contributed by atoms with Crippen molar-refractivity contribution < 1.29 is 28.7 Å². The number of Topliss-reactive ketones (excluding diaryl/α,β-unsaturated/α-hetero) is 2. The highest BCUT2D eigenvalue weighted by Crippen LogP contribution is 2.32. The molecule has 9 nitrogen and oxygen atoms in total. The average molecular weight is 571 g/mol. The summed E-state index contributed by atoms with van der Waals surface area (Å²) in [5.41, 5.74) is 0.532. The van der Waals surface area contributed by atoms with E-state index < -0.39 is 23.4 Å². The van der Waals surface area contributed by atoms with Crippen molar-refractivity contribution >= 4 is 51.8 Å². The Morgan fingerprint density at radius 3 is 2.55 bits per heavy atom. The molecule has 1 saturated carbocycles. The molecule has 1 aromatic heterocycles. The normalized spacial score (nSPS) is 14.1. The molecule has 4 N–H and O–H groups in total. The Labute approximate surface area is 236 Å². The molecule has 4 rings (SSSR count). The second kappa shape index (κ2) is 11.8. The number of ketones is 2. The molecule has 1 fully saturated rings. The Bertz CT molecular complexity index is 1480. The molecule has 1 unspecified atom stereocenters. The highest BCUT2D eigenvalue weighted by molar-refractivity contribution is 6.30. The van der Waals surface area contributed by atoms with E-state index in [9.17, 15) is 23.6 Å². The summed E-state index contributed by atoms with van der Waals surface area (Å²) in [6.07, 6.45) is 2.25. The van der Waals surface area contributed by atoms with Gasteiger partial charge >= 0.3 is 6.09 Å². The second-order valence-corrected chi connectivity index (χ2v) is 11.1. The first-order valence-electron chi connectivity index (χ1n) is 13.0. The number of benzene rings is 2. The molecule has 212 valence electrons. The number of hydrogen-bond donors (Lipinski definition) is 4. The molecular weight excluding hydrogens is 539 g/mol. The number of hydrogen-bond acceptors (Lipinski definition) is 5. The van der Waals surface area contributed by atoms with Crippen LogP contribution in [-0.4, -0.2) is 45.3 Å².